The molecule has 2 N–H and O–H groups in total. The number of aromatic amines is 1. The van der Waals surface area contributed by atoms with E-state index < -0.39 is 0 Å². The highest BCUT2D eigenvalue weighted by Crippen LogP contribution is 2.33. The molecule has 1 heterocycles. The number of H-pyrrole nitrogens is 1. The zero-order valence-electron chi connectivity index (χ0n) is 16.8. The van der Waals surface area contributed by atoms with Gasteiger partial charge in [-0.1, -0.05) is 84.0 Å². The van der Waals surface area contributed by atoms with E-state index in [0.717, 1.165) is 22.5 Å². The summed E-state index contributed by atoms with van der Waals surface area (Å²) in [6.45, 7) is 0. The van der Waals surface area contributed by atoms with E-state index >= 15 is 0 Å². The Kier molecular flexibility index (Phi) is 6.60. The van der Waals surface area contributed by atoms with Gasteiger partial charge in [0.25, 0.3) is 0 Å². The van der Waals surface area contributed by atoms with Gasteiger partial charge in [-0.25, -0.2) is 4.98 Å². The topological polar surface area (TPSA) is 67.0 Å². The van der Waals surface area contributed by atoms with E-state index in [1.54, 1.807) is 25.3 Å². The average molecular weight is 450 g/mol. The molecule has 0 saturated carbocycles. The Labute approximate surface area is 189 Å². The van der Waals surface area contributed by atoms with Crippen LogP contribution < -0.4 is 10.1 Å². The van der Waals surface area contributed by atoms with Gasteiger partial charge in [0.2, 0.25) is 5.91 Å². The molecule has 7 heteroatoms. The minimum Gasteiger partial charge on any atom is -0.495 e. The fourth-order valence-electron chi connectivity index (χ4n) is 3.11. The maximum absolute atomic E-state index is 12.4. The lowest BCUT2D eigenvalue weighted by molar-refractivity contribution is -0.113. The molecule has 5 nitrogen and oxygen atoms in total. The fourth-order valence-corrected chi connectivity index (χ4v) is 4.04. The third kappa shape index (κ3) is 5.10. The first-order chi connectivity index (χ1) is 15.1. The molecule has 1 amide bonds. The molecular weight excluding hydrogens is 430 g/mol. The predicted octanol–water partition coefficient (Wildman–Crippen LogP) is 6.14. The maximum atomic E-state index is 12.4. The number of carbonyl (C=O) groups is 1. The van der Waals surface area contributed by atoms with Crippen molar-refractivity contribution in [2.75, 3.05) is 18.2 Å². The number of imidazole rings is 1. The van der Waals surface area contributed by atoms with Crippen LogP contribution in [0.1, 0.15) is 0 Å². The third-order valence-electron chi connectivity index (χ3n) is 4.57. The summed E-state index contributed by atoms with van der Waals surface area (Å²) in [4.78, 5) is 20.6. The summed E-state index contributed by atoms with van der Waals surface area (Å²) < 4.78 is 5.14. The van der Waals surface area contributed by atoms with Crippen LogP contribution in [0.4, 0.5) is 5.69 Å². The monoisotopic (exact) mass is 449 g/mol. The van der Waals surface area contributed by atoms with E-state index in [-0.39, 0.29) is 11.7 Å². The predicted molar refractivity (Wildman–Crippen MR) is 127 cm³/mol. The standard InChI is InChI=1S/C24H20ClN3O2S/c1-30-20-13-12-18(14-19(20)25)26-21(29)15-31-24-27-22(16-8-4-2-5-9-16)23(28-24)17-10-6-3-7-11-17/h2-14H,15H2,1H3,(H,26,29)(H,27,28). The second-order valence-electron chi connectivity index (χ2n) is 6.68. The van der Waals surface area contributed by atoms with Gasteiger partial charge in [0, 0.05) is 16.8 Å². The Balaban J connectivity index is 1.50. The molecule has 4 rings (SSSR count). The third-order valence-corrected chi connectivity index (χ3v) is 5.74. The van der Waals surface area contributed by atoms with E-state index in [4.69, 9.17) is 21.3 Å². The molecule has 0 bridgehead atoms. The van der Waals surface area contributed by atoms with Gasteiger partial charge in [-0.15, -0.1) is 0 Å². The number of methoxy groups -OCH3 is 1. The normalized spacial score (nSPS) is 10.6. The highest BCUT2D eigenvalue weighted by Gasteiger charge is 2.15. The van der Waals surface area contributed by atoms with Crippen LogP contribution in [-0.2, 0) is 4.79 Å². The van der Waals surface area contributed by atoms with Gasteiger partial charge in [0.15, 0.2) is 5.16 Å². The lowest BCUT2D eigenvalue weighted by Crippen LogP contribution is -2.14. The van der Waals surface area contributed by atoms with E-state index in [2.05, 4.69) is 10.3 Å². The molecule has 0 saturated heterocycles. The van der Waals surface area contributed by atoms with Crippen LogP contribution in [0.25, 0.3) is 22.5 Å². The second kappa shape index (κ2) is 9.73. The molecule has 0 aliphatic heterocycles. The molecule has 1 aromatic heterocycles. The van der Waals surface area contributed by atoms with Crippen molar-refractivity contribution in [3.05, 3.63) is 83.9 Å². The van der Waals surface area contributed by atoms with E-state index in [0.29, 0.717) is 21.6 Å². The molecule has 0 fully saturated rings. The lowest BCUT2D eigenvalue weighted by Gasteiger charge is -2.07. The summed E-state index contributed by atoms with van der Waals surface area (Å²) >= 11 is 7.47. The van der Waals surface area contributed by atoms with Crippen molar-refractivity contribution in [2.24, 2.45) is 0 Å². The smallest absolute Gasteiger partial charge is 0.234 e. The Hall–Kier alpha value is -3.22. The number of nitrogens with one attached hydrogen (secondary N) is 2. The summed E-state index contributed by atoms with van der Waals surface area (Å²) in [7, 11) is 1.55. The van der Waals surface area contributed by atoms with Crippen molar-refractivity contribution >= 4 is 35.0 Å². The number of benzene rings is 3. The Bertz CT molecular complexity index is 1120. The van der Waals surface area contributed by atoms with Gasteiger partial charge >= 0.3 is 0 Å². The van der Waals surface area contributed by atoms with E-state index in [9.17, 15) is 4.79 Å². The zero-order chi connectivity index (χ0) is 21.6. The number of rotatable bonds is 7. The highest BCUT2D eigenvalue weighted by atomic mass is 35.5. The average Bonchev–Trinajstić information content (AvgIpc) is 3.23. The summed E-state index contributed by atoms with van der Waals surface area (Å²) in [5.41, 5.74) is 4.46. The van der Waals surface area contributed by atoms with E-state index in [1.165, 1.54) is 11.8 Å². The first kappa shape index (κ1) is 21.0. The van der Waals surface area contributed by atoms with Crippen molar-refractivity contribution in [1.29, 1.82) is 0 Å². The number of thioether (sulfide) groups is 1. The number of nitrogens with zero attached hydrogens (tertiary/aromatic N) is 1. The van der Waals surface area contributed by atoms with Crippen molar-refractivity contribution < 1.29 is 9.53 Å². The molecule has 0 unspecified atom stereocenters. The first-order valence-electron chi connectivity index (χ1n) is 9.61. The van der Waals surface area contributed by atoms with E-state index in [1.807, 2.05) is 60.7 Å². The number of hydrogen-bond donors (Lipinski definition) is 2. The SMILES string of the molecule is COc1ccc(NC(=O)CSc2nc(-c3ccccc3)c(-c3ccccc3)[nH]2)cc1Cl. The van der Waals surface area contributed by atoms with Crippen molar-refractivity contribution in [1.82, 2.24) is 9.97 Å². The van der Waals surface area contributed by atoms with Gasteiger partial charge < -0.3 is 15.0 Å². The fraction of sp³-hybridized carbons (Fsp3) is 0.0833. The second-order valence-corrected chi connectivity index (χ2v) is 8.06. The van der Waals surface area contributed by atoms with Crippen LogP contribution in [-0.4, -0.2) is 28.7 Å². The Morgan fingerprint density at radius 3 is 2.35 bits per heavy atom. The Morgan fingerprint density at radius 2 is 1.71 bits per heavy atom. The van der Waals surface area contributed by atoms with Gasteiger partial charge in [-0.2, -0.15) is 0 Å². The number of ether oxygens (including phenoxy) is 1. The summed E-state index contributed by atoms with van der Waals surface area (Å²) in [6.07, 6.45) is 0. The maximum Gasteiger partial charge on any atom is 0.234 e. The number of aromatic nitrogens is 2. The van der Waals surface area contributed by atoms with Crippen LogP contribution in [0.2, 0.25) is 5.02 Å². The van der Waals surface area contributed by atoms with Gasteiger partial charge in [-0.05, 0) is 18.2 Å². The highest BCUT2D eigenvalue weighted by molar-refractivity contribution is 7.99. The molecule has 4 aromatic rings. The molecule has 0 radical (unpaired) electrons. The first-order valence-corrected chi connectivity index (χ1v) is 11.0. The number of amides is 1. The molecule has 3 aromatic carbocycles. The van der Waals surface area contributed by atoms with Crippen LogP contribution in [0.3, 0.4) is 0 Å². The van der Waals surface area contributed by atoms with Crippen LogP contribution in [0, 0.1) is 0 Å². The molecule has 0 aliphatic carbocycles. The largest absolute Gasteiger partial charge is 0.495 e. The van der Waals surface area contributed by atoms with Crippen LogP contribution in [0.15, 0.2) is 84.0 Å². The minimum absolute atomic E-state index is 0.148. The molecule has 156 valence electrons. The van der Waals surface area contributed by atoms with Crippen LogP contribution >= 0.6 is 23.4 Å². The lowest BCUT2D eigenvalue weighted by atomic mass is 10.1. The van der Waals surface area contributed by atoms with Gasteiger partial charge in [0.05, 0.1) is 29.3 Å². The van der Waals surface area contributed by atoms with Gasteiger partial charge in [0.1, 0.15) is 5.75 Å². The van der Waals surface area contributed by atoms with Crippen LogP contribution in [0.5, 0.6) is 5.75 Å². The van der Waals surface area contributed by atoms with Crippen molar-refractivity contribution in [2.45, 2.75) is 5.16 Å². The summed E-state index contributed by atoms with van der Waals surface area (Å²) in [6, 6.07) is 25.2. The molecular formula is C24H20ClN3O2S. The number of carbonyl (C=O) groups excluding carboxylic acids is 1. The quantitative estimate of drug-likeness (QED) is 0.333. The minimum atomic E-state index is -0.148. The number of hydrogen-bond acceptors (Lipinski definition) is 4. The molecule has 31 heavy (non-hydrogen) atoms. The molecule has 0 spiro atoms. The Morgan fingerprint density at radius 1 is 1.03 bits per heavy atom. The zero-order valence-corrected chi connectivity index (χ0v) is 18.3. The molecule has 0 atom stereocenters. The summed E-state index contributed by atoms with van der Waals surface area (Å²) in [5.74, 6) is 0.622. The number of anilines is 1. The van der Waals surface area contributed by atoms with Crippen molar-refractivity contribution in [3.63, 3.8) is 0 Å². The molecule has 0 aliphatic rings. The van der Waals surface area contributed by atoms with Crippen molar-refractivity contribution in [3.8, 4) is 28.3 Å². The number of halogens is 1. The summed E-state index contributed by atoms with van der Waals surface area (Å²) in [5, 5.41) is 3.97. The van der Waals surface area contributed by atoms with Gasteiger partial charge in [-0.3, -0.25) is 4.79 Å².